The summed E-state index contributed by atoms with van der Waals surface area (Å²) in [5.74, 6) is 0.812. The molecule has 0 bridgehead atoms. The maximum atomic E-state index is 13.3. The second-order valence-corrected chi connectivity index (χ2v) is 8.98. The number of halogens is 1. The van der Waals surface area contributed by atoms with E-state index in [2.05, 4.69) is 10.3 Å². The highest BCUT2D eigenvalue weighted by molar-refractivity contribution is 7.91. The zero-order chi connectivity index (χ0) is 21.8. The molecule has 0 saturated carbocycles. The summed E-state index contributed by atoms with van der Waals surface area (Å²) in [5.41, 5.74) is 1.59. The lowest BCUT2D eigenvalue weighted by molar-refractivity contribution is 0.414. The average Bonchev–Trinajstić information content (AvgIpc) is 3.24. The van der Waals surface area contributed by atoms with Crippen LogP contribution in [0.1, 0.15) is 5.56 Å². The first kappa shape index (κ1) is 21.0. The molecule has 0 atom stereocenters. The van der Waals surface area contributed by atoms with Crippen molar-refractivity contribution in [3.8, 4) is 17.2 Å². The molecule has 31 heavy (non-hydrogen) atoms. The number of hydrogen-bond donors (Lipinski definition) is 1. The molecule has 4 rings (SSSR count). The number of methoxy groups -OCH3 is 1. The summed E-state index contributed by atoms with van der Waals surface area (Å²) in [6.07, 6.45) is 0. The molecule has 4 aromatic rings. The number of nitrogens with zero attached hydrogens (tertiary/aromatic N) is 1. The normalized spacial score (nSPS) is 11.3. The summed E-state index contributed by atoms with van der Waals surface area (Å²) in [7, 11) is -2.42. The minimum Gasteiger partial charge on any atom is -0.497 e. The molecule has 0 spiro atoms. The van der Waals surface area contributed by atoms with Gasteiger partial charge in [-0.3, -0.25) is 0 Å². The quantitative estimate of drug-likeness (QED) is 0.400. The van der Waals surface area contributed by atoms with Crippen LogP contribution in [-0.2, 0) is 16.4 Å². The Balaban J connectivity index is 1.75. The van der Waals surface area contributed by atoms with Crippen LogP contribution in [0, 0.1) is 0 Å². The van der Waals surface area contributed by atoms with Crippen LogP contribution >= 0.6 is 11.6 Å². The van der Waals surface area contributed by atoms with Crippen molar-refractivity contribution in [2.75, 3.05) is 12.4 Å². The molecule has 3 aromatic carbocycles. The van der Waals surface area contributed by atoms with Gasteiger partial charge in [0.1, 0.15) is 5.75 Å². The molecule has 0 aliphatic carbocycles. The van der Waals surface area contributed by atoms with E-state index in [0.717, 1.165) is 5.56 Å². The summed E-state index contributed by atoms with van der Waals surface area (Å²) in [4.78, 5) is 4.41. The van der Waals surface area contributed by atoms with Crippen molar-refractivity contribution in [1.82, 2.24) is 4.98 Å². The third-order valence-electron chi connectivity index (χ3n) is 4.61. The number of benzene rings is 3. The number of rotatable bonds is 7. The summed E-state index contributed by atoms with van der Waals surface area (Å²) in [5, 5.41) is 3.45. The lowest BCUT2D eigenvalue weighted by Crippen LogP contribution is -2.07. The predicted octanol–water partition coefficient (Wildman–Crippen LogP) is 5.45. The van der Waals surface area contributed by atoms with E-state index in [9.17, 15) is 8.42 Å². The van der Waals surface area contributed by atoms with Gasteiger partial charge in [0, 0.05) is 17.1 Å². The first-order valence-electron chi connectivity index (χ1n) is 9.41. The van der Waals surface area contributed by atoms with Crippen LogP contribution in [0.2, 0.25) is 5.02 Å². The third-order valence-corrected chi connectivity index (χ3v) is 6.54. The molecule has 1 aromatic heterocycles. The van der Waals surface area contributed by atoms with Crippen molar-refractivity contribution in [2.24, 2.45) is 0 Å². The second kappa shape index (κ2) is 8.83. The number of sulfone groups is 1. The minimum atomic E-state index is -3.94. The van der Waals surface area contributed by atoms with Gasteiger partial charge in [-0.2, -0.15) is 4.98 Å². The Morgan fingerprint density at radius 3 is 2.29 bits per heavy atom. The average molecular weight is 455 g/mol. The molecule has 0 aliphatic rings. The maximum absolute atomic E-state index is 13.3. The zero-order valence-electron chi connectivity index (χ0n) is 16.6. The highest BCUT2D eigenvalue weighted by Gasteiger charge is 2.28. The van der Waals surface area contributed by atoms with Crippen molar-refractivity contribution < 1.29 is 17.6 Å². The first-order chi connectivity index (χ1) is 15.0. The fourth-order valence-corrected chi connectivity index (χ4v) is 4.37. The highest BCUT2D eigenvalue weighted by atomic mass is 35.5. The van der Waals surface area contributed by atoms with Crippen LogP contribution in [-0.4, -0.2) is 20.5 Å². The number of anilines is 1. The Hall–Kier alpha value is -3.29. The number of hydrogen-bond acceptors (Lipinski definition) is 6. The largest absolute Gasteiger partial charge is 0.497 e. The van der Waals surface area contributed by atoms with Crippen molar-refractivity contribution in [2.45, 2.75) is 16.5 Å². The van der Waals surface area contributed by atoms with Crippen LogP contribution in [0.4, 0.5) is 5.88 Å². The maximum Gasteiger partial charge on any atom is 0.234 e. The molecule has 158 valence electrons. The van der Waals surface area contributed by atoms with Crippen molar-refractivity contribution in [1.29, 1.82) is 0 Å². The lowest BCUT2D eigenvalue weighted by atomic mass is 10.2. The van der Waals surface area contributed by atoms with Gasteiger partial charge in [0.25, 0.3) is 0 Å². The molecular weight excluding hydrogens is 436 g/mol. The molecule has 0 radical (unpaired) electrons. The predicted molar refractivity (Wildman–Crippen MR) is 119 cm³/mol. The molecule has 6 nitrogen and oxygen atoms in total. The monoisotopic (exact) mass is 454 g/mol. The third kappa shape index (κ3) is 4.57. The van der Waals surface area contributed by atoms with Crippen LogP contribution in [0.15, 0.2) is 93.2 Å². The first-order valence-corrected chi connectivity index (χ1v) is 11.3. The number of ether oxygens (including phenoxy) is 1. The van der Waals surface area contributed by atoms with Gasteiger partial charge in [-0.15, -0.1) is 0 Å². The summed E-state index contributed by atoms with van der Waals surface area (Å²) >= 11 is 5.96. The van der Waals surface area contributed by atoms with E-state index in [0.29, 0.717) is 22.9 Å². The van der Waals surface area contributed by atoms with Crippen LogP contribution < -0.4 is 10.1 Å². The Bertz CT molecular complexity index is 1270. The molecular formula is C23H19ClN2O4S. The van der Waals surface area contributed by atoms with Crippen LogP contribution in [0.5, 0.6) is 5.75 Å². The van der Waals surface area contributed by atoms with Crippen LogP contribution in [0.3, 0.4) is 0 Å². The summed E-state index contributed by atoms with van der Waals surface area (Å²) in [6.45, 7) is 0.376. The van der Waals surface area contributed by atoms with Gasteiger partial charge < -0.3 is 14.5 Å². The van der Waals surface area contributed by atoms with Crippen molar-refractivity contribution >= 4 is 27.3 Å². The lowest BCUT2D eigenvalue weighted by Gasteiger charge is -2.07. The van der Waals surface area contributed by atoms with E-state index in [-0.39, 0.29) is 21.7 Å². The summed E-state index contributed by atoms with van der Waals surface area (Å²) < 4.78 is 37.6. The smallest absolute Gasteiger partial charge is 0.234 e. The topological polar surface area (TPSA) is 81.4 Å². The molecule has 0 amide bonds. The number of aromatic nitrogens is 1. The Labute approximate surface area is 185 Å². The van der Waals surface area contributed by atoms with Crippen LogP contribution in [0.25, 0.3) is 11.5 Å². The minimum absolute atomic E-state index is 0.0737. The van der Waals surface area contributed by atoms with Gasteiger partial charge in [0.15, 0.2) is 0 Å². The Morgan fingerprint density at radius 1 is 0.968 bits per heavy atom. The molecule has 0 fully saturated rings. The zero-order valence-corrected chi connectivity index (χ0v) is 18.2. The number of oxazole rings is 1. The Kier molecular flexibility index (Phi) is 5.97. The fraction of sp³-hybridized carbons (Fsp3) is 0.0870. The fourth-order valence-electron chi connectivity index (χ4n) is 2.96. The van der Waals surface area contributed by atoms with Gasteiger partial charge in [-0.1, -0.05) is 41.9 Å². The van der Waals surface area contributed by atoms with E-state index in [1.165, 1.54) is 19.2 Å². The van der Waals surface area contributed by atoms with E-state index in [1.807, 2.05) is 30.3 Å². The molecule has 0 unspecified atom stereocenters. The number of nitrogens with one attached hydrogen (secondary N) is 1. The summed E-state index contributed by atoms with van der Waals surface area (Å²) in [6, 6.07) is 22.5. The van der Waals surface area contributed by atoms with Gasteiger partial charge in [0.2, 0.25) is 26.6 Å². The molecule has 0 aliphatic heterocycles. The van der Waals surface area contributed by atoms with E-state index < -0.39 is 9.84 Å². The van der Waals surface area contributed by atoms with E-state index in [1.54, 1.807) is 36.4 Å². The molecule has 1 heterocycles. The SMILES string of the molecule is COc1ccc(S(=O)(=O)c2nc(-c3ccc(Cl)cc3)oc2NCc2ccccc2)cc1. The van der Waals surface area contributed by atoms with Crippen molar-refractivity contribution in [3.05, 3.63) is 89.4 Å². The molecule has 0 saturated heterocycles. The van der Waals surface area contributed by atoms with Gasteiger partial charge >= 0.3 is 0 Å². The Morgan fingerprint density at radius 2 is 1.65 bits per heavy atom. The standard InChI is InChI=1S/C23H19ClN2O4S/c1-29-19-11-13-20(14-12-19)31(27,28)23-22(25-15-16-5-3-2-4-6-16)30-21(26-23)17-7-9-18(24)10-8-17/h2-14,25H,15H2,1H3. The van der Waals surface area contributed by atoms with E-state index >= 15 is 0 Å². The van der Waals surface area contributed by atoms with Gasteiger partial charge in [-0.25, -0.2) is 8.42 Å². The van der Waals surface area contributed by atoms with Gasteiger partial charge in [0.05, 0.1) is 12.0 Å². The van der Waals surface area contributed by atoms with Crippen molar-refractivity contribution in [3.63, 3.8) is 0 Å². The van der Waals surface area contributed by atoms with Gasteiger partial charge in [-0.05, 0) is 54.1 Å². The molecule has 1 N–H and O–H groups in total. The van der Waals surface area contributed by atoms with E-state index in [4.69, 9.17) is 20.8 Å². The molecule has 8 heteroatoms. The second-order valence-electron chi connectivity index (χ2n) is 6.68. The highest BCUT2D eigenvalue weighted by Crippen LogP contribution is 2.33.